The van der Waals surface area contributed by atoms with Crippen molar-refractivity contribution in [3.63, 3.8) is 0 Å². The maximum atomic E-state index is 4.38. The van der Waals surface area contributed by atoms with Gasteiger partial charge in [0.15, 0.2) is 0 Å². The van der Waals surface area contributed by atoms with Crippen LogP contribution in [-0.2, 0) is 0 Å². The molecular weight excluding hydrogens is 254 g/mol. The molecule has 0 fully saturated rings. The fourth-order valence-corrected chi connectivity index (χ4v) is 1.41. The van der Waals surface area contributed by atoms with Gasteiger partial charge in [-0.1, -0.05) is 0 Å². The first kappa shape index (κ1) is 12.5. The lowest BCUT2D eigenvalue weighted by Crippen LogP contribution is -2.29. The summed E-state index contributed by atoms with van der Waals surface area (Å²) >= 11 is 3.45. The van der Waals surface area contributed by atoms with E-state index < -0.39 is 0 Å². The molecule has 0 aromatic carbocycles. The summed E-state index contributed by atoms with van der Waals surface area (Å²) in [6.07, 6.45) is 1.86. The van der Waals surface area contributed by atoms with E-state index >= 15 is 0 Å². The molecule has 1 rings (SSSR count). The maximum absolute atomic E-state index is 4.38. The second-order valence-electron chi connectivity index (χ2n) is 4.02. The van der Waals surface area contributed by atoms with Gasteiger partial charge in [-0.05, 0) is 48.6 Å². The summed E-state index contributed by atoms with van der Waals surface area (Å²) in [7, 11) is 6.22. The average molecular weight is 272 g/mol. The number of halogens is 1. The van der Waals surface area contributed by atoms with Gasteiger partial charge in [0.2, 0.25) is 0 Å². The molecule has 15 heavy (non-hydrogen) atoms. The highest BCUT2D eigenvalue weighted by atomic mass is 79.9. The van der Waals surface area contributed by atoms with Gasteiger partial charge in [0, 0.05) is 30.8 Å². The van der Waals surface area contributed by atoms with Crippen molar-refractivity contribution in [3.8, 4) is 0 Å². The minimum Gasteiger partial charge on any atom is -0.358 e. The molecule has 0 aliphatic carbocycles. The van der Waals surface area contributed by atoms with Crippen LogP contribution in [0, 0.1) is 6.92 Å². The van der Waals surface area contributed by atoms with Gasteiger partial charge in [0.1, 0.15) is 5.82 Å². The summed E-state index contributed by atoms with van der Waals surface area (Å²) in [6.45, 7) is 4.10. The number of anilines is 1. The lowest BCUT2D eigenvalue weighted by molar-refractivity contribution is 0.416. The largest absolute Gasteiger partial charge is 0.358 e. The SMILES string of the molecule is Cc1cc(N(C)CCN(C)C)ncc1Br. The number of hydrogen-bond donors (Lipinski definition) is 0. The van der Waals surface area contributed by atoms with E-state index in [9.17, 15) is 0 Å². The molecule has 0 saturated heterocycles. The summed E-state index contributed by atoms with van der Waals surface area (Å²) in [5.74, 6) is 1.03. The highest BCUT2D eigenvalue weighted by molar-refractivity contribution is 9.10. The van der Waals surface area contributed by atoms with Gasteiger partial charge in [-0.2, -0.15) is 0 Å². The Morgan fingerprint density at radius 3 is 2.47 bits per heavy atom. The summed E-state index contributed by atoms with van der Waals surface area (Å²) in [5.41, 5.74) is 1.22. The van der Waals surface area contributed by atoms with Crippen molar-refractivity contribution >= 4 is 21.7 Å². The molecule has 0 bridgehead atoms. The van der Waals surface area contributed by atoms with Gasteiger partial charge in [-0.3, -0.25) is 0 Å². The van der Waals surface area contributed by atoms with Gasteiger partial charge in [0.25, 0.3) is 0 Å². The van der Waals surface area contributed by atoms with Crippen LogP contribution in [0.5, 0.6) is 0 Å². The first-order valence-corrected chi connectivity index (χ1v) is 5.78. The van der Waals surface area contributed by atoms with Crippen molar-refractivity contribution in [1.29, 1.82) is 0 Å². The Kier molecular flexibility index (Phi) is 4.54. The Bertz CT molecular complexity index is 326. The van der Waals surface area contributed by atoms with Crippen molar-refractivity contribution < 1.29 is 0 Å². The quantitative estimate of drug-likeness (QED) is 0.837. The van der Waals surface area contributed by atoms with E-state index in [1.54, 1.807) is 0 Å². The lowest BCUT2D eigenvalue weighted by Gasteiger charge is -2.20. The molecule has 0 amide bonds. The van der Waals surface area contributed by atoms with E-state index in [4.69, 9.17) is 0 Å². The third kappa shape index (κ3) is 3.80. The Balaban J connectivity index is 2.65. The Labute approximate surface area is 100 Å². The smallest absolute Gasteiger partial charge is 0.128 e. The summed E-state index contributed by atoms with van der Waals surface area (Å²) in [5, 5.41) is 0. The highest BCUT2D eigenvalue weighted by Gasteiger charge is 2.04. The van der Waals surface area contributed by atoms with Gasteiger partial charge in [-0.15, -0.1) is 0 Å². The zero-order chi connectivity index (χ0) is 11.4. The molecule has 0 spiro atoms. The first-order valence-electron chi connectivity index (χ1n) is 4.98. The maximum Gasteiger partial charge on any atom is 0.128 e. The Morgan fingerprint density at radius 2 is 1.93 bits per heavy atom. The van der Waals surface area contributed by atoms with E-state index in [-0.39, 0.29) is 0 Å². The molecule has 3 nitrogen and oxygen atoms in total. The molecule has 0 unspecified atom stereocenters. The monoisotopic (exact) mass is 271 g/mol. The molecule has 4 heteroatoms. The van der Waals surface area contributed by atoms with Gasteiger partial charge < -0.3 is 9.80 Å². The molecule has 1 aromatic heterocycles. The van der Waals surface area contributed by atoms with Crippen LogP contribution in [0.25, 0.3) is 0 Å². The molecule has 84 valence electrons. The molecule has 0 radical (unpaired) electrons. The molecule has 0 aliphatic heterocycles. The zero-order valence-corrected chi connectivity index (χ0v) is 11.4. The topological polar surface area (TPSA) is 19.4 Å². The van der Waals surface area contributed by atoms with Crippen molar-refractivity contribution in [3.05, 3.63) is 22.3 Å². The zero-order valence-electron chi connectivity index (χ0n) is 9.79. The highest BCUT2D eigenvalue weighted by Crippen LogP contribution is 2.18. The van der Waals surface area contributed by atoms with Crippen molar-refractivity contribution in [2.45, 2.75) is 6.92 Å². The number of hydrogen-bond acceptors (Lipinski definition) is 3. The molecule has 0 N–H and O–H groups in total. The molecule has 0 aliphatic rings. The Hall–Kier alpha value is -0.610. The second-order valence-corrected chi connectivity index (χ2v) is 4.87. The van der Waals surface area contributed by atoms with Crippen LogP contribution in [0.2, 0.25) is 0 Å². The van der Waals surface area contributed by atoms with E-state index in [0.29, 0.717) is 0 Å². The molecule has 1 aromatic rings. The summed E-state index contributed by atoms with van der Waals surface area (Å²) < 4.78 is 1.06. The second kappa shape index (κ2) is 5.47. The van der Waals surface area contributed by atoms with Crippen LogP contribution in [0.1, 0.15) is 5.56 Å². The van der Waals surface area contributed by atoms with Crippen LogP contribution >= 0.6 is 15.9 Å². The van der Waals surface area contributed by atoms with Gasteiger partial charge in [-0.25, -0.2) is 4.98 Å². The van der Waals surface area contributed by atoms with E-state index in [1.165, 1.54) is 5.56 Å². The number of likely N-dealkylation sites (N-methyl/N-ethyl adjacent to an activating group) is 2. The molecular formula is C11H18BrN3. The number of aromatic nitrogens is 1. The van der Waals surface area contributed by atoms with E-state index in [2.05, 4.69) is 64.8 Å². The van der Waals surface area contributed by atoms with Crippen LogP contribution in [0.4, 0.5) is 5.82 Å². The van der Waals surface area contributed by atoms with Crippen LogP contribution in [-0.4, -0.2) is 44.1 Å². The summed E-state index contributed by atoms with van der Waals surface area (Å²) in [6, 6.07) is 2.10. The standard InChI is InChI=1S/C11H18BrN3/c1-9-7-11(13-8-10(9)12)15(4)6-5-14(2)3/h7-8H,5-6H2,1-4H3. The third-order valence-corrected chi connectivity index (χ3v) is 3.14. The van der Waals surface area contributed by atoms with Crippen molar-refractivity contribution in [1.82, 2.24) is 9.88 Å². The fourth-order valence-electron chi connectivity index (χ4n) is 1.20. The minimum absolute atomic E-state index is 0.987. The third-order valence-electron chi connectivity index (χ3n) is 2.31. The number of aryl methyl sites for hydroxylation is 1. The minimum atomic E-state index is 0.987. The first-order chi connectivity index (χ1) is 7.00. The molecule has 1 heterocycles. The predicted molar refractivity (Wildman–Crippen MR) is 68.5 cm³/mol. The molecule has 0 atom stereocenters. The number of rotatable bonds is 4. The normalized spacial score (nSPS) is 10.8. The van der Waals surface area contributed by atoms with Crippen molar-refractivity contribution in [2.75, 3.05) is 39.1 Å². The molecule has 0 saturated carbocycles. The predicted octanol–water partition coefficient (Wildman–Crippen LogP) is 2.15. The number of pyridine rings is 1. The van der Waals surface area contributed by atoms with Crippen LogP contribution < -0.4 is 4.90 Å². The number of nitrogens with zero attached hydrogens (tertiary/aromatic N) is 3. The van der Waals surface area contributed by atoms with Crippen LogP contribution in [0.15, 0.2) is 16.7 Å². The summed E-state index contributed by atoms with van der Waals surface area (Å²) in [4.78, 5) is 8.71. The average Bonchev–Trinajstić information content (AvgIpc) is 2.18. The fraction of sp³-hybridized carbons (Fsp3) is 0.545. The van der Waals surface area contributed by atoms with Gasteiger partial charge >= 0.3 is 0 Å². The lowest BCUT2D eigenvalue weighted by atomic mass is 10.3. The van der Waals surface area contributed by atoms with Gasteiger partial charge in [0.05, 0.1) is 0 Å². The van der Waals surface area contributed by atoms with Crippen molar-refractivity contribution in [2.24, 2.45) is 0 Å². The van der Waals surface area contributed by atoms with E-state index in [1.807, 2.05) is 6.20 Å². The van der Waals surface area contributed by atoms with E-state index in [0.717, 1.165) is 23.4 Å². The Morgan fingerprint density at radius 1 is 1.27 bits per heavy atom. The van der Waals surface area contributed by atoms with Crippen LogP contribution in [0.3, 0.4) is 0 Å².